The van der Waals surface area contributed by atoms with Crippen LogP contribution in [-0.2, 0) is 10.0 Å². The molecule has 0 aliphatic heterocycles. The van der Waals surface area contributed by atoms with Crippen molar-refractivity contribution in [2.45, 2.75) is 6.92 Å². The topological polar surface area (TPSA) is 93.6 Å². The number of aryl methyl sites for hydroxylation is 1. The van der Waals surface area contributed by atoms with Crippen LogP contribution < -0.4 is 15.7 Å². The molecule has 1 aromatic heterocycles. The molecule has 6 nitrogen and oxygen atoms in total. The van der Waals surface area contributed by atoms with Gasteiger partial charge in [0.2, 0.25) is 10.0 Å². The van der Waals surface area contributed by atoms with Gasteiger partial charge in [0, 0.05) is 19.0 Å². The van der Waals surface area contributed by atoms with Gasteiger partial charge in [0.25, 0.3) is 0 Å². The molecule has 7 heteroatoms. The van der Waals surface area contributed by atoms with Gasteiger partial charge in [-0.2, -0.15) is 0 Å². The van der Waals surface area contributed by atoms with E-state index in [1.807, 2.05) is 31.2 Å². The molecule has 0 radical (unpaired) electrons. The first-order chi connectivity index (χ1) is 12.3. The third-order valence-electron chi connectivity index (χ3n) is 4.24. The van der Waals surface area contributed by atoms with Gasteiger partial charge in [0.05, 0.1) is 17.0 Å². The van der Waals surface area contributed by atoms with Gasteiger partial charge in [0.1, 0.15) is 5.58 Å². The Morgan fingerprint density at radius 1 is 1.08 bits per heavy atom. The van der Waals surface area contributed by atoms with Gasteiger partial charge in [0.15, 0.2) is 0 Å². The summed E-state index contributed by atoms with van der Waals surface area (Å²) in [7, 11) is -2.01. The molecule has 26 heavy (non-hydrogen) atoms. The maximum Gasteiger partial charge on any atom is 0.344 e. The Labute approximate surface area is 151 Å². The molecule has 0 spiro atoms. The third-order valence-corrected chi connectivity index (χ3v) is 6.03. The first-order valence-electron chi connectivity index (χ1n) is 8.13. The second-order valence-corrected chi connectivity index (χ2v) is 8.23. The molecular formula is C19H20N2O4S. The van der Waals surface area contributed by atoms with Crippen LogP contribution in [0.2, 0.25) is 0 Å². The number of nitrogens with two attached hydrogens (primary N) is 1. The van der Waals surface area contributed by atoms with Crippen LogP contribution in [0.4, 0.5) is 5.69 Å². The van der Waals surface area contributed by atoms with E-state index in [0.717, 1.165) is 11.1 Å². The summed E-state index contributed by atoms with van der Waals surface area (Å²) in [6, 6.07) is 14.2. The highest BCUT2D eigenvalue weighted by atomic mass is 32.2. The zero-order valence-corrected chi connectivity index (χ0v) is 15.4. The minimum atomic E-state index is -3.49. The summed E-state index contributed by atoms with van der Waals surface area (Å²) in [6.07, 6.45) is 0. The molecular weight excluding hydrogens is 352 g/mol. The van der Waals surface area contributed by atoms with E-state index in [-0.39, 0.29) is 12.3 Å². The van der Waals surface area contributed by atoms with Crippen molar-refractivity contribution in [1.82, 2.24) is 0 Å². The summed E-state index contributed by atoms with van der Waals surface area (Å²) in [5, 5.41) is 0.646. The highest BCUT2D eigenvalue weighted by Crippen LogP contribution is 2.26. The van der Waals surface area contributed by atoms with Crippen LogP contribution in [0.5, 0.6) is 0 Å². The summed E-state index contributed by atoms with van der Waals surface area (Å²) in [5.74, 6) is -0.139. The first-order valence-corrected chi connectivity index (χ1v) is 9.74. The van der Waals surface area contributed by atoms with Crippen LogP contribution in [0.15, 0.2) is 57.7 Å². The predicted octanol–water partition coefficient (Wildman–Crippen LogP) is 2.49. The number of hydrogen-bond acceptors (Lipinski definition) is 5. The van der Waals surface area contributed by atoms with Crippen LogP contribution in [0, 0.1) is 6.92 Å². The normalized spacial score (nSPS) is 11.7. The minimum absolute atomic E-state index is 0.0483. The lowest BCUT2D eigenvalue weighted by molar-refractivity contribution is 0.563. The Bertz CT molecular complexity index is 1100. The Hall–Kier alpha value is -2.64. The predicted molar refractivity (Wildman–Crippen MR) is 104 cm³/mol. The van der Waals surface area contributed by atoms with Crippen molar-refractivity contribution < 1.29 is 12.8 Å². The maximum atomic E-state index is 12.3. The number of benzene rings is 2. The summed E-state index contributed by atoms with van der Waals surface area (Å²) < 4.78 is 31.0. The number of anilines is 1. The second-order valence-electron chi connectivity index (χ2n) is 6.11. The van der Waals surface area contributed by atoms with Crippen LogP contribution in [-0.4, -0.2) is 27.8 Å². The number of rotatable bonds is 5. The average Bonchev–Trinajstić information content (AvgIpc) is 2.61. The molecule has 0 aliphatic carbocycles. The maximum absolute atomic E-state index is 12.3. The smallest absolute Gasteiger partial charge is 0.344 e. The van der Waals surface area contributed by atoms with Crippen molar-refractivity contribution in [2.75, 3.05) is 23.7 Å². The Balaban J connectivity index is 2.10. The summed E-state index contributed by atoms with van der Waals surface area (Å²) in [6.45, 7) is 2.02. The van der Waals surface area contributed by atoms with Gasteiger partial charge in [-0.15, -0.1) is 0 Å². The van der Waals surface area contributed by atoms with E-state index in [4.69, 9.17) is 10.2 Å². The largest absolute Gasteiger partial charge is 0.422 e. The SMILES string of the molecule is Cc1ccc(-c2cc3cc(N(C)S(=O)(=O)CCN)ccc3oc2=O)cc1. The lowest BCUT2D eigenvalue weighted by atomic mass is 10.0. The molecule has 0 saturated carbocycles. The van der Waals surface area contributed by atoms with Crippen molar-refractivity contribution in [2.24, 2.45) is 5.73 Å². The van der Waals surface area contributed by atoms with Gasteiger partial charge in [-0.3, -0.25) is 4.31 Å². The van der Waals surface area contributed by atoms with Crippen molar-refractivity contribution in [3.05, 3.63) is 64.5 Å². The van der Waals surface area contributed by atoms with Gasteiger partial charge < -0.3 is 10.2 Å². The summed E-state index contributed by atoms with van der Waals surface area (Å²) in [4.78, 5) is 12.3. The molecule has 1 heterocycles. The van der Waals surface area contributed by atoms with Gasteiger partial charge in [-0.05, 0) is 36.8 Å². The molecule has 0 saturated heterocycles. The molecule has 0 aliphatic rings. The Morgan fingerprint density at radius 3 is 2.42 bits per heavy atom. The molecule has 0 bridgehead atoms. The van der Waals surface area contributed by atoms with Gasteiger partial charge >= 0.3 is 5.63 Å². The van der Waals surface area contributed by atoms with Gasteiger partial charge in [-0.1, -0.05) is 29.8 Å². The second kappa shape index (κ2) is 6.93. The van der Waals surface area contributed by atoms with Crippen LogP contribution in [0.25, 0.3) is 22.1 Å². The monoisotopic (exact) mass is 372 g/mol. The fourth-order valence-electron chi connectivity index (χ4n) is 2.69. The van der Waals surface area contributed by atoms with Crippen molar-refractivity contribution in [3.8, 4) is 11.1 Å². The van der Waals surface area contributed by atoms with E-state index in [0.29, 0.717) is 22.2 Å². The molecule has 3 aromatic rings. The lowest BCUT2D eigenvalue weighted by Gasteiger charge is -2.19. The zero-order valence-electron chi connectivity index (χ0n) is 14.6. The Kier molecular flexibility index (Phi) is 4.84. The molecule has 2 aromatic carbocycles. The highest BCUT2D eigenvalue weighted by molar-refractivity contribution is 7.92. The quantitative estimate of drug-likeness (QED) is 0.695. The molecule has 0 unspecified atom stereocenters. The lowest BCUT2D eigenvalue weighted by Crippen LogP contribution is -2.31. The van der Waals surface area contributed by atoms with Gasteiger partial charge in [-0.25, -0.2) is 13.2 Å². The number of sulfonamides is 1. The average molecular weight is 372 g/mol. The van der Waals surface area contributed by atoms with E-state index >= 15 is 0 Å². The first kappa shape index (κ1) is 18.2. The summed E-state index contributed by atoms with van der Waals surface area (Å²) in [5.41, 5.74) is 8.10. The molecule has 3 rings (SSSR count). The molecule has 136 valence electrons. The van der Waals surface area contributed by atoms with Crippen molar-refractivity contribution in [3.63, 3.8) is 0 Å². The van der Waals surface area contributed by atoms with Crippen LogP contribution in [0.3, 0.4) is 0 Å². The highest BCUT2D eigenvalue weighted by Gasteiger charge is 2.18. The minimum Gasteiger partial charge on any atom is -0.422 e. The van der Waals surface area contributed by atoms with E-state index < -0.39 is 15.6 Å². The summed E-state index contributed by atoms with van der Waals surface area (Å²) >= 11 is 0. The fourth-order valence-corrected chi connectivity index (χ4v) is 3.69. The molecule has 0 atom stereocenters. The van der Waals surface area contributed by atoms with E-state index in [1.54, 1.807) is 24.3 Å². The molecule has 2 N–H and O–H groups in total. The Morgan fingerprint density at radius 2 is 1.77 bits per heavy atom. The standard InChI is InChI=1S/C19H20N2O4S/c1-13-3-5-14(6-4-13)17-12-15-11-16(7-8-18(15)25-19(17)22)21(2)26(23,24)10-9-20/h3-8,11-12H,9-10,20H2,1-2H3. The number of nitrogens with zero attached hydrogens (tertiary/aromatic N) is 1. The molecule has 0 amide bonds. The van der Waals surface area contributed by atoms with Crippen LogP contribution in [0.1, 0.15) is 5.56 Å². The van der Waals surface area contributed by atoms with Crippen molar-refractivity contribution in [1.29, 1.82) is 0 Å². The fraction of sp³-hybridized carbons (Fsp3) is 0.211. The van der Waals surface area contributed by atoms with Crippen LogP contribution >= 0.6 is 0 Å². The van der Waals surface area contributed by atoms with E-state index in [1.165, 1.54) is 11.4 Å². The van der Waals surface area contributed by atoms with E-state index in [2.05, 4.69) is 0 Å². The van der Waals surface area contributed by atoms with Crippen molar-refractivity contribution >= 4 is 26.7 Å². The number of hydrogen-bond donors (Lipinski definition) is 1. The zero-order chi connectivity index (χ0) is 18.9. The number of fused-ring (bicyclic) bond motifs is 1. The van der Waals surface area contributed by atoms with E-state index in [9.17, 15) is 13.2 Å². The molecule has 0 fully saturated rings. The third kappa shape index (κ3) is 3.49.